The second-order valence-corrected chi connectivity index (χ2v) is 5.13. The van der Waals surface area contributed by atoms with Crippen molar-refractivity contribution >= 4 is 0 Å². The largest absolute Gasteiger partial charge is 0.418 e. The first-order valence-corrected chi connectivity index (χ1v) is 6.88. The van der Waals surface area contributed by atoms with Gasteiger partial charge in [-0.15, -0.1) is 0 Å². The summed E-state index contributed by atoms with van der Waals surface area (Å²) in [7, 11) is 0. The summed E-state index contributed by atoms with van der Waals surface area (Å²) in [5.74, 6) is 0. The SMILES string of the molecule is O[C@@H](C=CN1CCN(Cc2ccccc2)CC1)C(F)(F)F. The Morgan fingerprint density at radius 3 is 2.29 bits per heavy atom. The summed E-state index contributed by atoms with van der Waals surface area (Å²) < 4.78 is 36.5. The third-order valence-electron chi connectivity index (χ3n) is 3.47. The maximum Gasteiger partial charge on any atom is 0.418 e. The Hall–Kier alpha value is -1.53. The van der Waals surface area contributed by atoms with E-state index in [1.807, 2.05) is 18.2 Å². The van der Waals surface area contributed by atoms with E-state index in [2.05, 4.69) is 17.0 Å². The Labute approximate surface area is 122 Å². The summed E-state index contributed by atoms with van der Waals surface area (Å²) in [6.45, 7) is 3.76. The molecule has 1 aliphatic heterocycles. The maximum absolute atomic E-state index is 12.2. The molecule has 6 heteroatoms. The number of hydrogen-bond donors (Lipinski definition) is 1. The zero-order valence-electron chi connectivity index (χ0n) is 11.6. The molecule has 0 amide bonds. The first kappa shape index (κ1) is 15.9. The van der Waals surface area contributed by atoms with E-state index in [1.165, 1.54) is 11.8 Å². The minimum absolute atomic E-state index is 0.661. The van der Waals surface area contributed by atoms with Crippen molar-refractivity contribution in [3.63, 3.8) is 0 Å². The van der Waals surface area contributed by atoms with E-state index in [0.29, 0.717) is 13.1 Å². The summed E-state index contributed by atoms with van der Waals surface area (Å²) >= 11 is 0. The fourth-order valence-corrected chi connectivity index (χ4v) is 2.22. The summed E-state index contributed by atoms with van der Waals surface area (Å²) in [6, 6.07) is 10.1. The van der Waals surface area contributed by atoms with Crippen LogP contribution in [-0.4, -0.2) is 53.4 Å². The molecule has 1 heterocycles. The second kappa shape index (κ2) is 6.95. The summed E-state index contributed by atoms with van der Waals surface area (Å²) in [5.41, 5.74) is 1.23. The van der Waals surface area contributed by atoms with Crippen molar-refractivity contribution < 1.29 is 18.3 Å². The van der Waals surface area contributed by atoms with E-state index in [4.69, 9.17) is 5.11 Å². The van der Waals surface area contributed by atoms with Crippen molar-refractivity contribution in [1.82, 2.24) is 9.80 Å². The lowest BCUT2D eigenvalue weighted by Crippen LogP contribution is -2.43. The molecule has 0 spiro atoms. The Balaban J connectivity index is 1.77. The van der Waals surface area contributed by atoms with Crippen LogP contribution in [0.4, 0.5) is 13.2 Å². The molecule has 0 bridgehead atoms. The molecule has 0 radical (unpaired) electrons. The van der Waals surface area contributed by atoms with Crippen LogP contribution in [0, 0.1) is 0 Å². The Morgan fingerprint density at radius 2 is 1.71 bits per heavy atom. The van der Waals surface area contributed by atoms with Crippen molar-refractivity contribution in [2.24, 2.45) is 0 Å². The molecule has 0 saturated carbocycles. The van der Waals surface area contributed by atoms with Gasteiger partial charge in [0, 0.05) is 32.7 Å². The van der Waals surface area contributed by atoms with Gasteiger partial charge in [-0.05, 0) is 17.8 Å². The van der Waals surface area contributed by atoms with Crippen LogP contribution in [0.15, 0.2) is 42.6 Å². The monoisotopic (exact) mass is 300 g/mol. The van der Waals surface area contributed by atoms with E-state index in [1.54, 1.807) is 4.90 Å². The highest BCUT2D eigenvalue weighted by molar-refractivity contribution is 5.14. The van der Waals surface area contributed by atoms with Crippen molar-refractivity contribution in [2.45, 2.75) is 18.8 Å². The van der Waals surface area contributed by atoms with Crippen LogP contribution in [0.2, 0.25) is 0 Å². The molecular formula is C15H19F3N2O. The van der Waals surface area contributed by atoms with Gasteiger partial charge < -0.3 is 10.0 Å². The summed E-state index contributed by atoms with van der Waals surface area (Å²) in [6.07, 6.45) is -4.84. The number of hydrogen-bond acceptors (Lipinski definition) is 3. The first-order chi connectivity index (χ1) is 9.95. The van der Waals surface area contributed by atoms with Gasteiger partial charge >= 0.3 is 6.18 Å². The van der Waals surface area contributed by atoms with Crippen LogP contribution in [0.25, 0.3) is 0 Å². The zero-order valence-corrected chi connectivity index (χ0v) is 11.6. The molecule has 0 aliphatic carbocycles. The fourth-order valence-electron chi connectivity index (χ4n) is 2.22. The van der Waals surface area contributed by atoms with Gasteiger partial charge in [0.15, 0.2) is 6.10 Å². The smallest absolute Gasteiger partial charge is 0.380 e. The van der Waals surface area contributed by atoms with Gasteiger partial charge in [0.1, 0.15) is 0 Å². The molecule has 1 aromatic carbocycles. The molecule has 116 valence electrons. The van der Waals surface area contributed by atoms with Gasteiger partial charge in [0.25, 0.3) is 0 Å². The van der Waals surface area contributed by atoms with Crippen LogP contribution in [0.5, 0.6) is 0 Å². The van der Waals surface area contributed by atoms with E-state index in [-0.39, 0.29) is 0 Å². The molecule has 3 nitrogen and oxygen atoms in total. The van der Waals surface area contributed by atoms with Crippen molar-refractivity contribution in [2.75, 3.05) is 26.2 Å². The predicted molar refractivity (Wildman–Crippen MR) is 74.5 cm³/mol. The molecule has 21 heavy (non-hydrogen) atoms. The normalized spacial score (nSPS) is 19.1. The lowest BCUT2D eigenvalue weighted by atomic mass is 10.2. The third-order valence-corrected chi connectivity index (χ3v) is 3.47. The van der Waals surface area contributed by atoms with Crippen molar-refractivity contribution in [3.8, 4) is 0 Å². The van der Waals surface area contributed by atoms with Gasteiger partial charge in [0.05, 0.1) is 0 Å². The molecule has 0 unspecified atom stereocenters. The molecule has 0 aromatic heterocycles. The van der Waals surface area contributed by atoms with Crippen LogP contribution in [0.3, 0.4) is 0 Å². The maximum atomic E-state index is 12.2. The topological polar surface area (TPSA) is 26.7 Å². The molecule has 1 N–H and O–H groups in total. The van der Waals surface area contributed by atoms with E-state index in [0.717, 1.165) is 25.7 Å². The molecule has 1 atom stereocenters. The minimum Gasteiger partial charge on any atom is -0.380 e. The summed E-state index contributed by atoms with van der Waals surface area (Å²) in [5, 5.41) is 8.91. The van der Waals surface area contributed by atoms with Gasteiger partial charge in [-0.25, -0.2) is 0 Å². The highest BCUT2D eigenvalue weighted by Gasteiger charge is 2.36. The molecular weight excluding hydrogens is 281 g/mol. The number of nitrogens with zero attached hydrogens (tertiary/aromatic N) is 2. The van der Waals surface area contributed by atoms with Gasteiger partial charge in [0.2, 0.25) is 0 Å². The van der Waals surface area contributed by atoms with Crippen molar-refractivity contribution in [3.05, 3.63) is 48.2 Å². The van der Waals surface area contributed by atoms with Crippen molar-refractivity contribution in [1.29, 1.82) is 0 Å². The van der Waals surface area contributed by atoms with E-state index >= 15 is 0 Å². The number of piperazine rings is 1. The number of rotatable bonds is 4. The van der Waals surface area contributed by atoms with Crippen LogP contribution < -0.4 is 0 Å². The van der Waals surface area contributed by atoms with Gasteiger partial charge in [-0.1, -0.05) is 30.3 Å². The highest BCUT2D eigenvalue weighted by atomic mass is 19.4. The number of aliphatic hydroxyl groups excluding tert-OH is 1. The fraction of sp³-hybridized carbons (Fsp3) is 0.467. The lowest BCUT2D eigenvalue weighted by molar-refractivity contribution is -0.188. The zero-order chi connectivity index (χ0) is 15.3. The molecule has 1 saturated heterocycles. The van der Waals surface area contributed by atoms with Crippen LogP contribution >= 0.6 is 0 Å². The number of halogens is 3. The average molecular weight is 300 g/mol. The lowest BCUT2D eigenvalue weighted by Gasteiger charge is -2.34. The number of alkyl halides is 3. The highest BCUT2D eigenvalue weighted by Crippen LogP contribution is 2.21. The predicted octanol–water partition coefficient (Wildman–Crippen LogP) is 2.24. The summed E-state index contributed by atoms with van der Waals surface area (Å²) in [4.78, 5) is 4.07. The number of benzene rings is 1. The molecule has 1 aliphatic rings. The first-order valence-electron chi connectivity index (χ1n) is 6.88. The molecule has 1 fully saturated rings. The van der Waals surface area contributed by atoms with Gasteiger partial charge in [-0.3, -0.25) is 4.90 Å². The molecule has 1 aromatic rings. The average Bonchev–Trinajstić information content (AvgIpc) is 2.46. The minimum atomic E-state index is -4.59. The quantitative estimate of drug-likeness (QED) is 0.924. The third kappa shape index (κ3) is 5.06. The van der Waals surface area contributed by atoms with Crippen LogP contribution in [-0.2, 0) is 6.54 Å². The Morgan fingerprint density at radius 1 is 1.10 bits per heavy atom. The Kier molecular flexibility index (Phi) is 5.25. The molecule has 2 rings (SSSR count). The standard InChI is InChI=1S/C15H19F3N2O/c16-15(17,18)14(21)6-7-19-8-10-20(11-9-19)12-13-4-2-1-3-5-13/h1-7,14,21H,8-12H2/t14-/m0/s1. The van der Waals surface area contributed by atoms with Crippen LogP contribution in [0.1, 0.15) is 5.56 Å². The van der Waals surface area contributed by atoms with Gasteiger partial charge in [-0.2, -0.15) is 13.2 Å². The second-order valence-electron chi connectivity index (χ2n) is 5.13. The van der Waals surface area contributed by atoms with E-state index in [9.17, 15) is 13.2 Å². The number of aliphatic hydroxyl groups is 1. The van der Waals surface area contributed by atoms with E-state index < -0.39 is 12.3 Å². The Bertz CT molecular complexity index is 454.